The highest BCUT2D eigenvalue weighted by Crippen LogP contribution is 2.30. The van der Waals surface area contributed by atoms with E-state index in [1.165, 1.54) is 36.2 Å². The molecule has 0 radical (unpaired) electrons. The summed E-state index contributed by atoms with van der Waals surface area (Å²) >= 11 is 1.23. The number of hydrogen-bond acceptors (Lipinski definition) is 6. The van der Waals surface area contributed by atoms with Gasteiger partial charge in [-0.05, 0) is 6.07 Å². The topological polar surface area (TPSA) is 86.0 Å². The molecule has 0 aliphatic heterocycles. The minimum atomic E-state index is -0.538. The summed E-state index contributed by atoms with van der Waals surface area (Å²) in [6.07, 6.45) is 5.22. The standard InChI is InChI=1S/C11H7N3O3S/c15-7-8-5-9(14(16)17)1-2-10(8)18-11-6-12-3-4-13-11/h1-7H. The van der Waals surface area contributed by atoms with Gasteiger partial charge in [-0.25, -0.2) is 4.98 Å². The first-order valence-corrected chi connectivity index (χ1v) is 5.70. The molecule has 0 N–H and O–H groups in total. The molecule has 2 aromatic rings. The number of rotatable bonds is 4. The summed E-state index contributed by atoms with van der Waals surface area (Å²) in [5.74, 6) is 0. The van der Waals surface area contributed by atoms with Crippen LogP contribution in [0.3, 0.4) is 0 Å². The predicted octanol–water partition coefficient (Wildman–Crippen LogP) is 2.35. The van der Waals surface area contributed by atoms with Gasteiger partial charge < -0.3 is 0 Å². The second-order valence-corrected chi connectivity index (χ2v) is 4.31. The van der Waals surface area contributed by atoms with Crippen molar-refractivity contribution in [3.05, 3.63) is 52.5 Å². The van der Waals surface area contributed by atoms with Crippen LogP contribution in [0.4, 0.5) is 5.69 Å². The highest BCUT2D eigenvalue weighted by atomic mass is 32.2. The molecule has 2 rings (SSSR count). The molecule has 18 heavy (non-hydrogen) atoms. The van der Waals surface area contributed by atoms with Gasteiger partial charge in [0.15, 0.2) is 6.29 Å². The molecule has 0 amide bonds. The fourth-order valence-electron chi connectivity index (χ4n) is 1.29. The monoisotopic (exact) mass is 261 g/mol. The third-order valence-corrected chi connectivity index (χ3v) is 3.10. The van der Waals surface area contributed by atoms with Gasteiger partial charge >= 0.3 is 0 Å². The summed E-state index contributed by atoms with van der Waals surface area (Å²) in [6.45, 7) is 0. The summed E-state index contributed by atoms with van der Waals surface area (Å²) < 4.78 is 0. The highest BCUT2D eigenvalue weighted by Gasteiger charge is 2.11. The van der Waals surface area contributed by atoms with Gasteiger partial charge in [-0.15, -0.1) is 0 Å². The normalized spacial score (nSPS) is 10.0. The fourth-order valence-corrected chi connectivity index (χ4v) is 2.10. The van der Waals surface area contributed by atoms with Crippen LogP contribution >= 0.6 is 11.8 Å². The van der Waals surface area contributed by atoms with Gasteiger partial charge in [0.2, 0.25) is 0 Å². The molecule has 0 aliphatic rings. The van der Waals surface area contributed by atoms with Crippen LogP contribution in [0, 0.1) is 10.1 Å². The summed E-state index contributed by atoms with van der Waals surface area (Å²) in [7, 11) is 0. The molecule has 1 aromatic heterocycles. The number of carbonyl (C=O) groups excluding carboxylic acids is 1. The van der Waals surface area contributed by atoms with Crippen molar-refractivity contribution in [2.24, 2.45) is 0 Å². The fraction of sp³-hybridized carbons (Fsp3) is 0. The van der Waals surface area contributed by atoms with E-state index >= 15 is 0 Å². The van der Waals surface area contributed by atoms with E-state index in [0.29, 0.717) is 16.2 Å². The Bertz CT molecular complexity index is 589. The number of nitro groups is 1. The number of nitro benzene ring substituents is 1. The first-order chi connectivity index (χ1) is 8.70. The Labute approximate surface area is 106 Å². The van der Waals surface area contributed by atoms with Crippen LogP contribution in [0.1, 0.15) is 10.4 Å². The number of nitrogens with zero attached hydrogens (tertiary/aromatic N) is 3. The van der Waals surface area contributed by atoms with Crippen molar-refractivity contribution in [1.82, 2.24) is 9.97 Å². The summed E-state index contributed by atoms with van der Waals surface area (Å²) in [5, 5.41) is 11.2. The number of aldehydes is 1. The average Bonchev–Trinajstić information content (AvgIpc) is 2.40. The zero-order chi connectivity index (χ0) is 13.0. The number of benzene rings is 1. The van der Waals surface area contributed by atoms with Gasteiger partial charge in [-0.3, -0.25) is 19.9 Å². The van der Waals surface area contributed by atoms with E-state index in [4.69, 9.17) is 0 Å². The Kier molecular flexibility index (Phi) is 3.63. The maximum Gasteiger partial charge on any atom is 0.270 e. The number of hydrogen-bond donors (Lipinski definition) is 0. The first-order valence-electron chi connectivity index (χ1n) is 4.88. The Morgan fingerprint density at radius 3 is 2.78 bits per heavy atom. The van der Waals surface area contributed by atoms with E-state index in [1.54, 1.807) is 12.4 Å². The van der Waals surface area contributed by atoms with E-state index in [1.807, 2.05) is 0 Å². The molecular formula is C11H7N3O3S. The summed E-state index contributed by atoms with van der Waals surface area (Å²) in [6, 6.07) is 4.12. The van der Waals surface area contributed by atoms with Gasteiger partial charge in [0, 0.05) is 35.0 Å². The van der Waals surface area contributed by atoms with Crippen molar-refractivity contribution >= 4 is 23.7 Å². The second kappa shape index (κ2) is 5.37. The van der Waals surface area contributed by atoms with Crippen molar-refractivity contribution < 1.29 is 9.72 Å². The average molecular weight is 261 g/mol. The molecule has 0 unspecified atom stereocenters. The SMILES string of the molecule is O=Cc1cc([N+](=O)[O-])ccc1Sc1cnccn1. The molecule has 0 saturated heterocycles. The number of aromatic nitrogens is 2. The number of non-ortho nitro benzene ring substituents is 1. The van der Waals surface area contributed by atoms with E-state index in [9.17, 15) is 14.9 Å². The van der Waals surface area contributed by atoms with E-state index < -0.39 is 4.92 Å². The molecule has 7 heteroatoms. The van der Waals surface area contributed by atoms with Crippen LogP contribution < -0.4 is 0 Å². The zero-order valence-corrected chi connectivity index (χ0v) is 9.83. The molecule has 0 spiro atoms. The van der Waals surface area contributed by atoms with Crippen molar-refractivity contribution in [1.29, 1.82) is 0 Å². The van der Waals surface area contributed by atoms with E-state index in [2.05, 4.69) is 9.97 Å². The summed E-state index contributed by atoms with van der Waals surface area (Å²) in [5.41, 5.74) is 0.153. The lowest BCUT2D eigenvalue weighted by Crippen LogP contribution is -1.92. The van der Waals surface area contributed by atoms with Gasteiger partial charge in [0.05, 0.1) is 11.1 Å². The Hall–Kier alpha value is -2.28. The molecular weight excluding hydrogens is 254 g/mol. The van der Waals surface area contributed by atoms with E-state index in [0.717, 1.165) is 0 Å². The molecule has 6 nitrogen and oxygen atoms in total. The molecule has 0 atom stereocenters. The van der Waals surface area contributed by atoms with E-state index in [-0.39, 0.29) is 11.3 Å². The van der Waals surface area contributed by atoms with Crippen molar-refractivity contribution in [2.45, 2.75) is 9.92 Å². The number of carbonyl (C=O) groups is 1. The lowest BCUT2D eigenvalue weighted by Gasteiger charge is -2.03. The molecule has 90 valence electrons. The van der Waals surface area contributed by atoms with Gasteiger partial charge in [-0.1, -0.05) is 11.8 Å². The van der Waals surface area contributed by atoms with Crippen molar-refractivity contribution in [3.63, 3.8) is 0 Å². The van der Waals surface area contributed by atoms with Crippen LogP contribution in [0.5, 0.6) is 0 Å². The Morgan fingerprint density at radius 1 is 1.33 bits per heavy atom. The Morgan fingerprint density at radius 2 is 2.17 bits per heavy atom. The smallest absolute Gasteiger partial charge is 0.270 e. The van der Waals surface area contributed by atoms with Crippen molar-refractivity contribution in [3.8, 4) is 0 Å². The summed E-state index contributed by atoms with van der Waals surface area (Å²) in [4.78, 5) is 29.5. The van der Waals surface area contributed by atoms with Crippen LogP contribution in [0.2, 0.25) is 0 Å². The van der Waals surface area contributed by atoms with Crippen LogP contribution in [0.25, 0.3) is 0 Å². The second-order valence-electron chi connectivity index (χ2n) is 3.24. The van der Waals surface area contributed by atoms with Crippen molar-refractivity contribution in [2.75, 3.05) is 0 Å². The first kappa shape index (κ1) is 12.2. The largest absolute Gasteiger partial charge is 0.298 e. The predicted molar refractivity (Wildman–Crippen MR) is 64.6 cm³/mol. The zero-order valence-electron chi connectivity index (χ0n) is 9.02. The quantitative estimate of drug-likeness (QED) is 0.477. The molecule has 1 heterocycles. The molecule has 1 aromatic carbocycles. The lowest BCUT2D eigenvalue weighted by molar-refractivity contribution is -0.384. The van der Waals surface area contributed by atoms with Gasteiger partial charge in [0.1, 0.15) is 5.03 Å². The van der Waals surface area contributed by atoms with Gasteiger partial charge in [-0.2, -0.15) is 0 Å². The highest BCUT2D eigenvalue weighted by molar-refractivity contribution is 7.99. The minimum Gasteiger partial charge on any atom is -0.298 e. The lowest BCUT2D eigenvalue weighted by atomic mass is 10.2. The maximum atomic E-state index is 10.9. The van der Waals surface area contributed by atoms with Crippen LogP contribution in [-0.4, -0.2) is 21.2 Å². The molecule has 0 saturated carbocycles. The van der Waals surface area contributed by atoms with Crippen LogP contribution in [-0.2, 0) is 0 Å². The molecule has 0 bridgehead atoms. The maximum absolute atomic E-state index is 10.9. The minimum absolute atomic E-state index is 0.111. The Balaban J connectivity index is 2.34. The third-order valence-electron chi connectivity index (χ3n) is 2.09. The molecule has 0 fully saturated rings. The third kappa shape index (κ3) is 2.69. The molecule has 0 aliphatic carbocycles. The van der Waals surface area contributed by atoms with Crippen LogP contribution in [0.15, 0.2) is 46.7 Å². The van der Waals surface area contributed by atoms with Gasteiger partial charge in [0.25, 0.3) is 5.69 Å².